The van der Waals surface area contributed by atoms with Gasteiger partial charge in [0, 0.05) is 31.1 Å². The van der Waals surface area contributed by atoms with E-state index in [9.17, 15) is 4.79 Å². The van der Waals surface area contributed by atoms with Crippen molar-refractivity contribution in [3.63, 3.8) is 0 Å². The van der Waals surface area contributed by atoms with Crippen LogP contribution in [-0.2, 0) is 0 Å². The van der Waals surface area contributed by atoms with Crippen LogP contribution >= 0.6 is 0 Å². The summed E-state index contributed by atoms with van der Waals surface area (Å²) in [6.45, 7) is 4.03. The summed E-state index contributed by atoms with van der Waals surface area (Å²) in [6.07, 6.45) is 6.43. The predicted molar refractivity (Wildman–Crippen MR) is 105 cm³/mol. The van der Waals surface area contributed by atoms with Crippen molar-refractivity contribution in [2.45, 2.75) is 19.3 Å². The van der Waals surface area contributed by atoms with Crippen LogP contribution in [0, 0.1) is 5.92 Å². The second kappa shape index (κ2) is 9.48. The second-order valence-electron chi connectivity index (χ2n) is 7.00. The van der Waals surface area contributed by atoms with Gasteiger partial charge in [0.2, 0.25) is 5.91 Å². The number of nitrogens with two attached hydrogens (primary N) is 1. The molecule has 6 nitrogen and oxygen atoms in total. The highest BCUT2D eigenvalue weighted by Gasteiger charge is 2.18. The van der Waals surface area contributed by atoms with E-state index in [0.717, 1.165) is 55.8 Å². The van der Waals surface area contributed by atoms with Gasteiger partial charge in [-0.1, -0.05) is 12.1 Å². The Morgan fingerprint density at radius 3 is 2.59 bits per heavy atom. The van der Waals surface area contributed by atoms with Crippen molar-refractivity contribution in [1.29, 1.82) is 0 Å². The number of hydrogen-bond acceptors (Lipinski definition) is 5. The van der Waals surface area contributed by atoms with Gasteiger partial charge in [0.05, 0.1) is 5.56 Å². The third kappa shape index (κ3) is 5.52. The van der Waals surface area contributed by atoms with E-state index in [2.05, 4.69) is 9.88 Å². The molecule has 6 heteroatoms. The zero-order valence-electron chi connectivity index (χ0n) is 15.5. The largest absolute Gasteiger partial charge is 0.492 e. The lowest BCUT2D eigenvalue weighted by Gasteiger charge is -2.31. The Kier molecular flexibility index (Phi) is 6.79. The maximum absolute atomic E-state index is 11.3. The smallest absolute Gasteiger partial charge is 0.250 e. The van der Waals surface area contributed by atoms with E-state index in [0.29, 0.717) is 24.7 Å². The zero-order chi connectivity index (χ0) is 19.1. The van der Waals surface area contributed by atoms with Gasteiger partial charge in [0.25, 0.3) is 0 Å². The normalized spacial score (nSPS) is 15.6. The third-order valence-corrected chi connectivity index (χ3v) is 5.13. The van der Waals surface area contributed by atoms with Gasteiger partial charge in [0.1, 0.15) is 12.4 Å². The van der Waals surface area contributed by atoms with E-state index >= 15 is 0 Å². The zero-order valence-corrected chi connectivity index (χ0v) is 15.5. The highest BCUT2D eigenvalue weighted by Crippen LogP contribution is 2.23. The number of aliphatic hydroxyl groups excluding tert-OH is 1. The molecule has 0 saturated carbocycles. The van der Waals surface area contributed by atoms with Crippen LogP contribution in [0.1, 0.15) is 29.6 Å². The standard InChI is InChI=1S/C21H27N3O3/c22-21(26)19-13-18(14-23-15-19)17-1-3-20(4-2-17)27-12-10-24-8-5-16(6-9-24)7-11-25/h1-4,13-16,25H,5-12H2,(H2,22,26). The number of carbonyl (C=O) groups is 1. The van der Waals surface area contributed by atoms with Crippen LogP contribution < -0.4 is 10.5 Å². The highest BCUT2D eigenvalue weighted by molar-refractivity contribution is 5.93. The summed E-state index contributed by atoms with van der Waals surface area (Å²) in [5, 5.41) is 9.02. The molecule has 1 saturated heterocycles. The van der Waals surface area contributed by atoms with E-state index < -0.39 is 5.91 Å². The Labute approximate surface area is 160 Å². The van der Waals surface area contributed by atoms with Crippen molar-refractivity contribution in [3.05, 3.63) is 48.3 Å². The topological polar surface area (TPSA) is 88.7 Å². The molecule has 3 N–H and O–H groups in total. The first-order chi connectivity index (χ1) is 13.2. The molecule has 1 fully saturated rings. The molecule has 0 atom stereocenters. The van der Waals surface area contributed by atoms with Gasteiger partial charge in [-0.25, -0.2) is 0 Å². The van der Waals surface area contributed by atoms with Crippen LogP contribution in [-0.4, -0.2) is 53.7 Å². The molecule has 1 amide bonds. The van der Waals surface area contributed by atoms with Crippen LogP contribution in [0.4, 0.5) is 0 Å². The van der Waals surface area contributed by atoms with E-state index in [1.165, 1.54) is 6.20 Å². The number of nitrogens with zero attached hydrogens (tertiary/aromatic N) is 2. The SMILES string of the molecule is NC(=O)c1cncc(-c2ccc(OCCN3CCC(CCO)CC3)cc2)c1. The molecule has 2 aromatic rings. The third-order valence-electron chi connectivity index (χ3n) is 5.13. The summed E-state index contributed by atoms with van der Waals surface area (Å²) >= 11 is 0. The molecule has 1 aliphatic rings. The van der Waals surface area contributed by atoms with Crippen LogP contribution in [0.2, 0.25) is 0 Å². The lowest BCUT2D eigenvalue weighted by Crippen LogP contribution is -2.36. The molecular weight excluding hydrogens is 342 g/mol. The van der Waals surface area contributed by atoms with Gasteiger partial charge >= 0.3 is 0 Å². The van der Waals surface area contributed by atoms with Crippen LogP contribution in [0.5, 0.6) is 5.75 Å². The molecule has 27 heavy (non-hydrogen) atoms. The summed E-state index contributed by atoms with van der Waals surface area (Å²) in [7, 11) is 0. The van der Waals surface area contributed by atoms with Gasteiger partial charge in [0.15, 0.2) is 0 Å². The average molecular weight is 369 g/mol. The molecule has 1 aliphatic heterocycles. The maximum atomic E-state index is 11.3. The first-order valence-electron chi connectivity index (χ1n) is 9.47. The minimum atomic E-state index is -0.482. The molecule has 3 rings (SSSR count). The van der Waals surface area contributed by atoms with Gasteiger partial charge in [-0.05, 0) is 62.0 Å². The van der Waals surface area contributed by atoms with Gasteiger partial charge < -0.3 is 15.6 Å². The molecule has 0 spiro atoms. The number of aromatic nitrogens is 1. The number of primary amides is 1. The number of benzene rings is 1. The summed E-state index contributed by atoms with van der Waals surface area (Å²) in [6, 6.07) is 9.51. The van der Waals surface area contributed by atoms with Crippen LogP contribution in [0.3, 0.4) is 0 Å². The molecular formula is C21H27N3O3. The van der Waals surface area contributed by atoms with Crippen molar-refractivity contribution < 1.29 is 14.6 Å². The van der Waals surface area contributed by atoms with Crippen molar-refractivity contribution in [1.82, 2.24) is 9.88 Å². The lowest BCUT2D eigenvalue weighted by molar-refractivity contribution is 0.1000. The number of ether oxygens (including phenoxy) is 1. The summed E-state index contributed by atoms with van der Waals surface area (Å²) in [5.41, 5.74) is 7.52. The fourth-order valence-corrected chi connectivity index (χ4v) is 3.45. The predicted octanol–water partition coefficient (Wildman–Crippen LogP) is 2.32. The Morgan fingerprint density at radius 2 is 1.93 bits per heavy atom. The molecule has 0 aliphatic carbocycles. The summed E-state index contributed by atoms with van der Waals surface area (Å²) in [5.74, 6) is 1.01. The quantitative estimate of drug-likeness (QED) is 0.745. The highest BCUT2D eigenvalue weighted by atomic mass is 16.5. The van der Waals surface area contributed by atoms with Crippen molar-refractivity contribution in [2.24, 2.45) is 11.7 Å². The Bertz CT molecular complexity index is 741. The fourth-order valence-electron chi connectivity index (χ4n) is 3.45. The van der Waals surface area contributed by atoms with Gasteiger partial charge in [-0.2, -0.15) is 0 Å². The number of piperidine rings is 1. The van der Waals surface area contributed by atoms with E-state index in [4.69, 9.17) is 15.6 Å². The second-order valence-corrected chi connectivity index (χ2v) is 7.00. The Hall–Kier alpha value is -2.44. The van der Waals surface area contributed by atoms with Gasteiger partial charge in [-0.3, -0.25) is 14.7 Å². The van der Waals surface area contributed by atoms with Crippen LogP contribution in [0.15, 0.2) is 42.7 Å². The fraction of sp³-hybridized carbons (Fsp3) is 0.429. The summed E-state index contributed by atoms with van der Waals surface area (Å²) < 4.78 is 5.86. The minimum absolute atomic E-state index is 0.298. The number of hydrogen-bond donors (Lipinski definition) is 2. The molecule has 1 aromatic heterocycles. The van der Waals surface area contributed by atoms with E-state index in [1.54, 1.807) is 12.3 Å². The average Bonchev–Trinajstić information content (AvgIpc) is 2.70. The van der Waals surface area contributed by atoms with Gasteiger partial charge in [-0.15, -0.1) is 0 Å². The molecule has 144 valence electrons. The van der Waals surface area contributed by atoms with E-state index in [-0.39, 0.29) is 0 Å². The molecule has 0 unspecified atom stereocenters. The molecule has 2 heterocycles. The maximum Gasteiger partial charge on any atom is 0.250 e. The Morgan fingerprint density at radius 1 is 1.19 bits per heavy atom. The first kappa shape index (κ1) is 19.3. The van der Waals surface area contributed by atoms with Crippen LogP contribution in [0.25, 0.3) is 11.1 Å². The molecule has 1 aromatic carbocycles. The number of rotatable bonds is 8. The number of carbonyl (C=O) groups excluding carboxylic acids is 1. The lowest BCUT2D eigenvalue weighted by atomic mass is 9.94. The Balaban J connectivity index is 1.47. The molecule has 0 bridgehead atoms. The molecule has 0 radical (unpaired) electrons. The minimum Gasteiger partial charge on any atom is -0.492 e. The van der Waals surface area contributed by atoms with Crippen molar-refractivity contribution in [3.8, 4) is 16.9 Å². The summed E-state index contributed by atoms with van der Waals surface area (Å²) in [4.78, 5) is 17.8. The number of amides is 1. The van der Waals surface area contributed by atoms with E-state index in [1.807, 2.05) is 24.3 Å². The number of likely N-dealkylation sites (tertiary alicyclic amines) is 1. The van der Waals surface area contributed by atoms with Crippen molar-refractivity contribution in [2.75, 3.05) is 32.8 Å². The number of pyridine rings is 1. The monoisotopic (exact) mass is 369 g/mol. The van der Waals surface area contributed by atoms with Crippen molar-refractivity contribution >= 4 is 5.91 Å². The first-order valence-corrected chi connectivity index (χ1v) is 9.47. The number of aliphatic hydroxyl groups is 1.